The largest absolute Gasteiger partial charge is 0.311 e. The van der Waals surface area contributed by atoms with Crippen LogP contribution in [0.15, 0.2) is 35.4 Å². The van der Waals surface area contributed by atoms with E-state index in [1.54, 1.807) is 12.1 Å². The molecule has 2 rings (SSSR count). The fourth-order valence-corrected chi connectivity index (χ4v) is 2.48. The van der Waals surface area contributed by atoms with Crippen molar-refractivity contribution in [3.8, 4) is 0 Å². The summed E-state index contributed by atoms with van der Waals surface area (Å²) in [7, 11) is -1.79. The fourth-order valence-electron chi connectivity index (χ4n) is 1.64. The van der Waals surface area contributed by atoms with Crippen molar-refractivity contribution in [2.45, 2.75) is 4.90 Å². The number of aromatic nitrogens is 2. The summed E-state index contributed by atoms with van der Waals surface area (Å²) in [6.07, 6.45) is 2.43. The summed E-state index contributed by atoms with van der Waals surface area (Å²) in [4.78, 5) is 13.7. The van der Waals surface area contributed by atoms with E-state index in [0.717, 1.165) is 6.26 Å². The van der Waals surface area contributed by atoms with Gasteiger partial charge in [0.15, 0.2) is 9.84 Å². The van der Waals surface area contributed by atoms with Crippen molar-refractivity contribution in [1.29, 1.82) is 0 Å². The second-order valence-corrected chi connectivity index (χ2v) is 6.63. The molecular weight excluding hydrogens is 302 g/mol. The molecule has 0 saturated heterocycles. The lowest BCUT2D eigenvalue weighted by atomic mass is 10.2. The van der Waals surface area contributed by atoms with E-state index in [4.69, 9.17) is 11.6 Å². The third-order valence-electron chi connectivity index (χ3n) is 2.76. The minimum absolute atomic E-state index is 0.140. The highest BCUT2D eigenvalue weighted by Crippen LogP contribution is 2.21. The first-order valence-electron chi connectivity index (χ1n) is 5.58. The Hall–Kier alpha value is -1.86. The van der Waals surface area contributed by atoms with E-state index in [0.29, 0.717) is 5.69 Å². The Bertz CT molecular complexity index is 755. The Morgan fingerprint density at radius 2 is 2.10 bits per heavy atom. The van der Waals surface area contributed by atoms with Crippen molar-refractivity contribution < 1.29 is 13.2 Å². The van der Waals surface area contributed by atoms with Gasteiger partial charge in [0.1, 0.15) is 5.15 Å². The van der Waals surface area contributed by atoms with Gasteiger partial charge in [0.2, 0.25) is 0 Å². The number of halogens is 1. The average Bonchev–Trinajstić information content (AvgIpc) is 2.82. The number of nitrogens with zero attached hydrogens (tertiary/aromatic N) is 2. The van der Waals surface area contributed by atoms with Crippen LogP contribution < -0.4 is 4.90 Å². The predicted molar refractivity (Wildman–Crippen MR) is 75.9 cm³/mol. The number of benzene rings is 1. The van der Waals surface area contributed by atoms with Crippen molar-refractivity contribution in [1.82, 2.24) is 10.2 Å². The molecule has 1 aromatic carbocycles. The quantitative estimate of drug-likeness (QED) is 0.935. The van der Waals surface area contributed by atoms with Gasteiger partial charge in [-0.3, -0.25) is 9.89 Å². The van der Waals surface area contributed by atoms with Crippen molar-refractivity contribution in [2.75, 3.05) is 18.2 Å². The molecule has 0 radical (unpaired) electrons. The van der Waals surface area contributed by atoms with Crippen LogP contribution in [0.4, 0.5) is 5.69 Å². The third kappa shape index (κ3) is 2.83. The van der Waals surface area contributed by atoms with Gasteiger partial charge in [0, 0.05) is 19.0 Å². The summed E-state index contributed by atoms with van der Waals surface area (Å²) in [6, 6.07) is 6.12. The van der Waals surface area contributed by atoms with Crippen LogP contribution in [0.3, 0.4) is 0 Å². The van der Waals surface area contributed by atoms with E-state index in [9.17, 15) is 13.2 Å². The molecule has 0 fully saturated rings. The Labute approximate surface area is 121 Å². The number of sulfone groups is 1. The summed E-state index contributed by atoms with van der Waals surface area (Å²) in [5.74, 6) is -0.380. The van der Waals surface area contributed by atoms with E-state index in [2.05, 4.69) is 10.2 Å². The molecular formula is C12H12ClN3O3S. The summed E-state index contributed by atoms with van der Waals surface area (Å²) >= 11 is 5.81. The van der Waals surface area contributed by atoms with Gasteiger partial charge in [-0.2, -0.15) is 5.10 Å². The molecule has 0 unspecified atom stereocenters. The third-order valence-corrected chi connectivity index (χ3v) is 4.16. The fraction of sp³-hybridized carbons (Fsp3) is 0.167. The number of rotatable bonds is 3. The Balaban J connectivity index is 2.37. The van der Waals surface area contributed by atoms with Crippen molar-refractivity contribution in [3.05, 3.63) is 41.2 Å². The molecule has 0 aliphatic heterocycles. The standard InChI is InChI=1S/C12H12ClN3O3S/c1-16(12(17)10-7-14-15-11(10)13)8-4-3-5-9(6-8)20(2,18)19/h3-7H,1-2H3,(H,14,15). The van der Waals surface area contributed by atoms with Crippen LogP contribution in [0.2, 0.25) is 5.15 Å². The number of amides is 1. The Morgan fingerprint density at radius 3 is 2.65 bits per heavy atom. The number of hydrogen-bond acceptors (Lipinski definition) is 4. The number of aromatic amines is 1. The van der Waals surface area contributed by atoms with Crippen LogP contribution in [-0.2, 0) is 9.84 Å². The van der Waals surface area contributed by atoms with Gasteiger partial charge < -0.3 is 4.90 Å². The molecule has 8 heteroatoms. The number of carbonyl (C=O) groups excluding carboxylic acids is 1. The molecule has 0 spiro atoms. The van der Waals surface area contributed by atoms with E-state index in [1.165, 1.54) is 30.3 Å². The number of hydrogen-bond donors (Lipinski definition) is 1. The molecule has 0 saturated carbocycles. The molecule has 0 atom stereocenters. The number of H-pyrrole nitrogens is 1. The molecule has 106 valence electrons. The van der Waals surface area contributed by atoms with Gasteiger partial charge >= 0.3 is 0 Å². The molecule has 1 heterocycles. The molecule has 1 aromatic heterocycles. The van der Waals surface area contributed by atoms with Crippen LogP contribution in [0.5, 0.6) is 0 Å². The molecule has 0 aliphatic carbocycles. The van der Waals surface area contributed by atoms with Gasteiger partial charge in [-0.15, -0.1) is 0 Å². The first-order valence-corrected chi connectivity index (χ1v) is 7.84. The SMILES string of the molecule is CN(C(=O)c1cn[nH]c1Cl)c1cccc(S(C)(=O)=O)c1. The van der Waals surface area contributed by atoms with Crippen molar-refractivity contribution in [2.24, 2.45) is 0 Å². The summed E-state index contributed by atoms with van der Waals surface area (Å²) in [5, 5.41) is 6.28. The van der Waals surface area contributed by atoms with E-state index >= 15 is 0 Å². The van der Waals surface area contributed by atoms with E-state index in [1.807, 2.05) is 0 Å². The molecule has 20 heavy (non-hydrogen) atoms. The smallest absolute Gasteiger partial charge is 0.262 e. The topological polar surface area (TPSA) is 83.1 Å². The average molecular weight is 314 g/mol. The first kappa shape index (κ1) is 14.5. The maximum Gasteiger partial charge on any atom is 0.262 e. The van der Waals surface area contributed by atoms with Crippen LogP contribution >= 0.6 is 11.6 Å². The second kappa shape index (κ2) is 5.26. The van der Waals surface area contributed by atoms with Crippen molar-refractivity contribution >= 4 is 33.0 Å². The zero-order valence-corrected chi connectivity index (χ0v) is 12.4. The van der Waals surface area contributed by atoms with E-state index < -0.39 is 9.84 Å². The van der Waals surface area contributed by atoms with Crippen LogP contribution in [-0.4, -0.2) is 37.8 Å². The molecule has 1 N–H and O–H groups in total. The first-order chi connectivity index (χ1) is 9.30. The number of nitrogens with one attached hydrogen (secondary N) is 1. The maximum atomic E-state index is 12.2. The highest BCUT2D eigenvalue weighted by Gasteiger charge is 2.19. The molecule has 6 nitrogen and oxygen atoms in total. The van der Waals surface area contributed by atoms with Crippen molar-refractivity contribution in [3.63, 3.8) is 0 Å². The highest BCUT2D eigenvalue weighted by atomic mass is 35.5. The summed E-state index contributed by atoms with van der Waals surface area (Å²) in [6.45, 7) is 0. The van der Waals surface area contributed by atoms with E-state index in [-0.39, 0.29) is 21.5 Å². The molecule has 2 aromatic rings. The minimum Gasteiger partial charge on any atom is -0.311 e. The van der Waals surface area contributed by atoms with Gasteiger partial charge in [-0.1, -0.05) is 17.7 Å². The second-order valence-electron chi connectivity index (χ2n) is 4.23. The normalized spacial score (nSPS) is 11.3. The lowest BCUT2D eigenvalue weighted by Gasteiger charge is -2.17. The molecule has 1 amide bonds. The van der Waals surface area contributed by atoms with Crippen LogP contribution in [0.1, 0.15) is 10.4 Å². The number of anilines is 1. The minimum atomic E-state index is -3.33. The maximum absolute atomic E-state index is 12.2. The molecule has 0 bridgehead atoms. The Morgan fingerprint density at radius 1 is 1.40 bits per heavy atom. The van der Waals surface area contributed by atoms with Gasteiger partial charge in [0.05, 0.1) is 16.7 Å². The van der Waals surface area contributed by atoms with Gasteiger partial charge in [0.25, 0.3) is 5.91 Å². The predicted octanol–water partition coefficient (Wildman–Crippen LogP) is 1.74. The summed E-state index contributed by atoms with van der Waals surface area (Å²) in [5.41, 5.74) is 0.675. The zero-order chi connectivity index (χ0) is 14.9. The van der Waals surface area contributed by atoms with Gasteiger partial charge in [-0.25, -0.2) is 8.42 Å². The number of carbonyl (C=O) groups is 1. The zero-order valence-electron chi connectivity index (χ0n) is 10.8. The van der Waals surface area contributed by atoms with Gasteiger partial charge in [-0.05, 0) is 18.2 Å². The molecule has 0 aliphatic rings. The van der Waals surface area contributed by atoms with Crippen LogP contribution in [0.25, 0.3) is 0 Å². The lowest BCUT2D eigenvalue weighted by Crippen LogP contribution is -2.26. The highest BCUT2D eigenvalue weighted by molar-refractivity contribution is 7.90. The Kier molecular flexibility index (Phi) is 3.82. The van der Waals surface area contributed by atoms with Crippen LogP contribution in [0, 0.1) is 0 Å². The lowest BCUT2D eigenvalue weighted by molar-refractivity contribution is 0.0993. The summed E-state index contributed by atoms with van der Waals surface area (Å²) < 4.78 is 23.0. The monoisotopic (exact) mass is 313 g/mol.